The fourth-order valence-corrected chi connectivity index (χ4v) is 3.00. The second-order valence-electron chi connectivity index (χ2n) is 4.98. The molecular weight excluding hydrogens is 237 g/mol. The quantitative estimate of drug-likeness (QED) is 0.720. The highest BCUT2D eigenvalue weighted by Gasteiger charge is 2.44. The first-order chi connectivity index (χ1) is 8.55. The molecule has 0 atom stereocenters. The molecule has 0 saturated heterocycles. The van der Waals surface area contributed by atoms with Gasteiger partial charge in [0.05, 0.1) is 0 Å². The summed E-state index contributed by atoms with van der Waals surface area (Å²) in [6.45, 7) is 0. The Kier molecular flexibility index (Phi) is 2.23. The van der Waals surface area contributed by atoms with Gasteiger partial charge in [-0.2, -0.15) is 0 Å². The van der Waals surface area contributed by atoms with Crippen molar-refractivity contribution in [2.24, 2.45) is 0 Å². The molecular formula is C12H14FN3O2. The van der Waals surface area contributed by atoms with Gasteiger partial charge in [0.15, 0.2) is 5.82 Å². The summed E-state index contributed by atoms with van der Waals surface area (Å²) in [6, 6.07) is 1.05. The van der Waals surface area contributed by atoms with Crippen LogP contribution in [0.25, 0.3) is 0 Å². The number of halogens is 1. The van der Waals surface area contributed by atoms with Crippen molar-refractivity contribution in [3.63, 3.8) is 0 Å². The van der Waals surface area contributed by atoms with Gasteiger partial charge < -0.3 is 11.1 Å². The summed E-state index contributed by atoms with van der Waals surface area (Å²) in [4.78, 5) is 24.0. The number of hydrogen-bond donors (Lipinski definition) is 2. The monoisotopic (exact) mass is 251 g/mol. The van der Waals surface area contributed by atoms with Crippen LogP contribution in [0.2, 0.25) is 0 Å². The Morgan fingerprint density at radius 2 is 1.94 bits per heavy atom. The lowest BCUT2D eigenvalue weighted by Gasteiger charge is -2.35. The van der Waals surface area contributed by atoms with Crippen molar-refractivity contribution in [2.75, 3.05) is 5.73 Å². The average Bonchev–Trinajstić information content (AvgIpc) is 2.60. The van der Waals surface area contributed by atoms with Gasteiger partial charge in [-0.1, -0.05) is 6.42 Å². The number of pyridine rings is 1. The summed E-state index contributed by atoms with van der Waals surface area (Å²) in [6.07, 6.45) is 4.33. The zero-order valence-electron chi connectivity index (χ0n) is 9.83. The van der Waals surface area contributed by atoms with Gasteiger partial charge in [-0.15, -0.1) is 0 Å². The first-order valence-corrected chi connectivity index (χ1v) is 6.09. The Bertz CT molecular complexity index is 588. The molecule has 2 heterocycles. The SMILES string of the molecule is Nc1c(F)cc2n(c1=O)C1(CCCCC1)NC2=O. The molecule has 3 rings (SSSR count). The second kappa shape index (κ2) is 3.57. The number of anilines is 1. The van der Waals surface area contributed by atoms with Gasteiger partial charge in [-0.3, -0.25) is 14.2 Å². The number of rotatable bonds is 0. The summed E-state index contributed by atoms with van der Waals surface area (Å²) in [5, 5.41) is 2.83. The molecule has 0 bridgehead atoms. The zero-order chi connectivity index (χ0) is 12.9. The van der Waals surface area contributed by atoms with Gasteiger partial charge in [-0.25, -0.2) is 4.39 Å². The van der Waals surface area contributed by atoms with Crippen LogP contribution in [-0.4, -0.2) is 10.5 Å². The fourth-order valence-electron chi connectivity index (χ4n) is 3.00. The zero-order valence-corrected chi connectivity index (χ0v) is 9.83. The van der Waals surface area contributed by atoms with Crippen LogP contribution in [0.15, 0.2) is 10.9 Å². The van der Waals surface area contributed by atoms with Gasteiger partial charge in [-0.05, 0) is 25.7 Å². The number of carbonyl (C=O) groups is 1. The first-order valence-electron chi connectivity index (χ1n) is 6.09. The third-order valence-electron chi connectivity index (χ3n) is 3.88. The summed E-state index contributed by atoms with van der Waals surface area (Å²) >= 11 is 0. The number of nitrogens with one attached hydrogen (secondary N) is 1. The third kappa shape index (κ3) is 1.31. The predicted molar refractivity (Wildman–Crippen MR) is 63.6 cm³/mol. The third-order valence-corrected chi connectivity index (χ3v) is 3.88. The molecule has 1 amide bonds. The van der Waals surface area contributed by atoms with Crippen LogP contribution in [-0.2, 0) is 5.66 Å². The summed E-state index contributed by atoms with van der Waals surface area (Å²) in [5.41, 5.74) is 3.81. The fraction of sp³-hybridized carbons (Fsp3) is 0.500. The summed E-state index contributed by atoms with van der Waals surface area (Å²) in [5.74, 6) is -1.22. The molecule has 5 nitrogen and oxygen atoms in total. The highest BCUT2D eigenvalue weighted by atomic mass is 19.1. The van der Waals surface area contributed by atoms with Crippen LogP contribution >= 0.6 is 0 Å². The Balaban J connectivity index is 2.26. The molecule has 1 aromatic heterocycles. The van der Waals surface area contributed by atoms with E-state index in [9.17, 15) is 14.0 Å². The van der Waals surface area contributed by atoms with E-state index in [0.29, 0.717) is 12.8 Å². The van der Waals surface area contributed by atoms with Gasteiger partial charge in [0.1, 0.15) is 17.0 Å². The molecule has 18 heavy (non-hydrogen) atoms. The number of amides is 1. The molecule has 0 aromatic carbocycles. The van der Waals surface area contributed by atoms with Crippen molar-refractivity contribution >= 4 is 11.6 Å². The van der Waals surface area contributed by atoms with E-state index in [4.69, 9.17) is 5.73 Å². The summed E-state index contributed by atoms with van der Waals surface area (Å²) in [7, 11) is 0. The lowest BCUT2D eigenvalue weighted by Crippen LogP contribution is -2.49. The normalized spacial score (nSPS) is 20.8. The van der Waals surface area contributed by atoms with E-state index in [1.165, 1.54) is 4.57 Å². The smallest absolute Gasteiger partial charge is 0.279 e. The molecule has 1 fully saturated rings. The van der Waals surface area contributed by atoms with E-state index in [1.54, 1.807) is 0 Å². The van der Waals surface area contributed by atoms with Gasteiger partial charge in [0.25, 0.3) is 11.5 Å². The molecule has 1 spiro atoms. The van der Waals surface area contributed by atoms with Crippen LogP contribution in [0.5, 0.6) is 0 Å². The van der Waals surface area contributed by atoms with Crippen LogP contribution in [0.1, 0.15) is 42.6 Å². The lowest BCUT2D eigenvalue weighted by molar-refractivity contribution is 0.0877. The predicted octanol–water partition coefficient (Wildman–Crippen LogP) is 0.930. The molecule has 1 aliphatic heterocycles. The standard InChI is InChI=1S/C12H14FN3O2/c13-7-6-8-10(17)15-12(4-2-1-3-5-12)16(8)11(18)9(7)14/h6H,1-5,14H2,(H,15,17). The van der Waals surface area contributed by atoms with E-state index < -0.39 is 28.6 Å². The number of aromatic nitrogens is 1. The van der Waals surface area contributed by atoms with Crippen molar-refractivity contribution < 1.29 is 9.18 Å². The van der Waals surface area contributed by atoms with E-state index >= 15 is 0 Å². The maximum Gasteiger partial charge on any atom is 0.279 e. The molecule has 0 radical (unpaired) electrons. The number of nitrogens with two attached hydrogens (primary N) is 1. The minimum Gasteiger partial charge on any atom is -0.392 e. The summed E-state index contributed by atoms with van der Waals surface area (Å²) < 4.78 is 14.8. The lowest BCUT2D eigenvalue weighted by atomic mass is 9.89. The van der Waals surface area contributed by atoms with E-state index in [-0.39, 0.29) is 5.69 Å². The van der Waals surface area contributed by atoms with Crippen LogP contribution in [0, 0.1) is 5.82 Å². The molecule has 6 heteroatoms. The van der Waals surface area contributed by atoms with E-state index in [0.717, 1.165) is 25.3 Å². The van der Waals surface area contributed by atoms with Gasteiger partial charge in [0.2, 0.25) is 0 Å². The Morgan fingerprint density at radius 3 is 2.61 bits per heavy atom. The number of nitrogens with zero attached hydrogens (tertiary/aromatic N) is 1. The Hall–Kier alpha value is -1.85. The molecule has 1 aromatic rings. The number of fused-ring (bicyclic) bond motifs is 2. The van der Waals surface area contributed by atoms with Crippen molar-refractivity contribution in [2.45, 2.75) is 37.8 Å². The average molecular weight is 251 g/mol. The molecule has 1 saturated carbocycles. The molecule has 1 aliphatic carbocycles. The maximum atomic E-state index is 13.4. The van der Waals surface area contributed by atoms with Gasteiger partial charge >= 0.3 is 0 Å². The topological polar surface area (TPSA) is 77.1 Å². The highest BCUT2D eigenvalue weighted by molar-refractivity contribution is 5.95. The second-order valence-corrected chi connectivity index (χ2v) is 4.98. The van der Waals surface area contributed by atoms with Crippen molar-refractivity contribution in [1.29, 1.82) is 0 Å². The molecule has 96 valence electrons. The van der Waals surface area contributed by atoms with Crippen LogP contribution in [0.4, 0.5) is 10.1 Å². The van der Waals surface area contributed by atoms with Crippen LogP contribution in [0.3, 0.4) is 0 Å². The van der Waals surface area contributed by atoms with Crippen molar-refractivity contribution in [1.82, 2.24) is 9.88 Å². The van der Waals surface area contributed by atoms with Crippen molar-refractivity contribution in [3.05, 3.63) is 27.9 Å². The number of carbonyl (C=O) groups excluding carboxylic acids is 1. The number of hydrogen-bond acceptors (Lipinski definition) is 3. The maximum absolute atomic E-state index is 13.4. The number of nitrogen functional groups attached to an aromatic ring is 1. The van der Waals surface area contributed by atoms with E-state index in [2.05, 4.69) is 5.32 Å². The molecule has 2 aliphatic rings. The minimum atomic E-state index is -0.825. The highest BCUT2D eigenvalue weighted by Crippen LogP contribution is 2.36. The Labute approximate surface area is 103 Å². The van der Waals surface area contributed by atoms with E-state index in [1.807, 2.05) is 0 Å². The molecule has 0 unspecified atom stereocenters. The Morgan fingerprint density at radius 1 is 1.28 bits per heavy atom. The molecule has 3 N–H and O–H groups in total. The minimum absolute atomic E-state index is 0.0774. The largest absolute Gasteiger partial charge is 0.392 e. The van der Waals surface area contributed by atoms with Crippen LogP contribution < -0.4 is 16.6 Å². The van der Waals surface area contributed by atoms with Crippen molar-refractivity contribution in [3.8, 4) is 0 Å². The van der Waals surface area contributed by atoms with Gasteiger partial charge in [0, 0.05) is 6.07 Å². The first kappa shape index (κ1) is 11.3.